The van der Waals surface area contributed by atoms with E-state index in [9.17, 15) is 4.79 Å². The molecule has 0 saturated heterocycles. The van der Waals surface area contributed by atoms with Gasteiger partial charge in [-0.3, -0.25) is 0 Å². The van der Waals surface area contributed by atoms with Crippen molar-refractivity contribution in [3.63, 3.8) is 0 Å². The lowest BCUT2D eigenvalue weighted by Crippen LogP contribution is -2.22. The highest BCUT2D eigenvalue weighted by Gasteiger charge is 2.14. The Hall–Kier alpha value is -4.25. The molecule has 5 rings (SSSR count). The molecule has 0 bridgehead atoms. The normalized spacial score (nSPS) is 13.2. The molecule has 4 N–H and O–H groups in total. The van der Waals surface area contributed by atoms with E-state index in [1.165, 1.54) is 66.0 Å². The number of nitrogens with one attached hydrogen (secondary N) is 1. The smallest absolute Gasteiger partial charge is 0.335 e. The average Bonchev–Trinajstić information content (AvgIpc) is 2.95. The highest BCUT2D eigenvalue weighted by molar-refractivity contribution is 5.90. The highest BCUT2D eigenvalue weighted by atomic mass is 16.5. The van der Waals surface area contributed by atoms with Crippen molar-refractivity contribution >= 4 is 17.3 Å². The molecule has 0 heterocycles. The van der Waals surface area contributed by atoms with Crippen molar-refractivity contribution in [2.45, 2.75) is 58.6 Å². The second kappa shape index (κ2) is 13.5. The number of ether oxygens (including phenoxy) is 1. The van der Waals surface area contributed by atoms with Gasteiger partial charge in [-0.25, -0.2) is 4.79 Å². The van der Waals surface area contributed by atoms with Gasteiger partial charge in [-0.1, -0.05) is 91.6 Å². The van der Waals surface area contributed by atoms with Crippen molar-refractivity contribution in [3.8, 4) is 16.9 Å². The minimum atomic E-state index is -0.944. The minimum absolute atomic E-state index is 0.233. The molecule has 5 heteroatoms. The Kier molecular flexibility index (Phi) is 9.63. The van der Waals surface area contributed by atoms with Gasteiger partial charge in [-0.15, -0.1) is 0 Å². The maximum Gasteiger partial charge on any atom is 0.335 e. The fourth-order valence-electron chi connectivity index (χ4n) is 4.96. The quantitative estimate of drug-likeness (QED) is 0.213. The van der Waals surface area contributed by atoms with Crippen molar-refractivity contribution in [1.82, 2.24) is 0 Å². The summed E-state index contributed by atoms with van der Waals surface area (Å²) in [5.74, 6) is 0.00869. The third-order valence-corrected chi connectivity index (χ3v) is 7.08. The maximum atomic E-state index is 10.8. The average molecular weight is 523 g/mol. The molecule has 0 unspecified atom stereocenters. The molecule has 1 aliphatic carbocycles. The van der Waals surface area contributed by atoms with E-state index < -0.39 is 5.97 Å². The number of nitrogen functional groups attached to an aromatic ring is 1. The Morgan fingerprint density at radius 3 is 2.31 bits per heavy atom. The topological polar surface area (TPSA) is 84.6 Å². The molecule has 4 aromatic carbocycles. The fourth-order valence-corrected chi connectivity index (χ4v) is 4.96. The van der Waals surface area contributed by atoms with Crippen LogP contribution in [0.5, 0.6) is 5.75 Å². The van der Waals surface area contributed by atoms with Crippen molar-refractivity contribution in [3.05, 3.63) is 113 Å². The number of carbonyl (C=O) groups is 1. The molecule has 0 atom stereocenters. The third kappa shape index (κ3) is 7.87. The number of hydrogen-bond donors (Lipinski definition) is 3. The van der Waals surface area contributed by atoms with Crippen LogP contribution in [0.3, 0.4) is 0 Å². The van der Waals surface area contributed by atoms with Gasteiger partial charge >= 0.3 is 5.97 Å². The summed E-state index contributed by atoms with van der Waals surface area (Å²) < 4.78 is 6.04. The van der Waals surface area contributed by atoms with Gasteiger partial charge in [-0.05, 0) is 73.2 Å². The largest absolute Gasteiger partial charge is 0.489 e. The van der Waals surface area contributed by atoms with Gasteiger partial charge in [0.15, 0.2) is 0 Å². The van der Waals surface area contributed by atoms with Crippen LogP contribution in [-0.4, -0.2) is 17.1 Å². The van der Waals surface area contributed by atoms with E-state index in [4.69, 9.17) is 15.6 Å². The molecule has 4 aromatic rings. The lowest BCUT2D eigenvalue weighted by molar-refractivity contribution is 0.0697. The molecule has 0 radical (unpaired) electrons. The molecule has 0 amide bonds. The molecule has 39 heavy (non-hydrogen) atoms. The van der Waals surface area contributed by atoms with E-state index in [1.54, 1.807) is 12.1 Å². The van der Waals surface area contributed by atoms with Crippen LogP contribution < -0.4 is 15.8 Å². The third-order valence-electron chi connectivity index (χ3n) is 7.08. The Balaban J connectivity index is 0.000000187. The molecule has 0 aliphatic heterocycles. The van der Waals surface area contributed by atoms with E-state index >= 15 is 0 Å². The Bertz CT molecular complexity index is 1380. The molecule has 202 valence electrons. The first kappa shape index (κ1) is 27.8. The molecular formula is C34H38N2O3. The molecular weight excluding hydrogens is 484 g/mol. The van der Waals surface area contributed by atoms with Crippen LogP contribution in [0, 0.1) is 13.8 Å². The van der Waals surface area contributed by atoms with E-state index in [2.05, 4.69) is 85.9 Å². The molecule has 1 aliphatic rings. The van der Waals surface area contributed by atoms with Crippen LogP contribution in [-0.2, 0) is 6.61 Å². The Morgan fingerprint density at radius 1 is 0.897 bits per heavy atom. The highest BCUT2D eigenvalue weighted by Crippen LogP contribution is 2.27. The predicted octanol–water partition coefficient (Wildman–Crippen LogP) is 8.26. The van der Waals surface area contributed by atoms with E-state index in [-0.39, 0.29) is 5.56 Å². The van der Waals surface area contributed by atoms with Crippen molar-refractivity contribution in [1.29, 1.82) is 0 Å². The summed E-state index contributed by atoms with van der Waals surface area (Å²) in [5, 5.41) is 12.2. The number of nitrogens with two attached hydrogens (primary N) is 1. The van der Waals surface area contributed by atoms with E-state index in [0.717, 1.165) is 11.4 Å². The zero-order valence-electron chi connectivity index (χ0n) is 22.8. The first-order valence-electron chi connectivity index (χ1n) is 13.6. The molecule has 5 nitrogen and oxygen atoms in total. The second-order valence-electron chi connectivity index (χ2n) is 10.2. The summed E-state index contributed by atoms with van der Waals surface area (Å²) in [6.45, 7) is 4.77. The van der Waals surface area contributed by atoms with E-state index in [1.807, 2.05) is 6.07 Å². The summed E-state index contributed by atoms with van der Waals surface area (Å²) in [6, 6.07) is 30.5. The summed E-state index contributed by atoms with van der Waals surface area (Å²) in [4.78, 5) is 10.8. The van der Waals surface area contributed by atoms with Gasteiger partial charge < -0.3 is 20.9 Å². The van der Waals surface area contributed by atoms with Gasteiger partial charge in [0, 0.05) is 6.04 Å². The fraction of sp³-hybridized carbons (Fsp3) is 0.265. The zero-order chi connectivity index (χ0) is 27.6. The zero-order valence-corrected chi connectivity index (χ0v) is 22.8. The van der Waals surface area contributed by atoms with Gasteiger partial charge in [0.2, 0.25) is 0 Å². The monoisotopic (exact) mass is 522 g/mol. The van der Waals surface area contributed by atoms with Crippen molar-refractivity contribution in [2.75, 3.05) is 11.1 Å². The van der Waals surface area contributed by atoms with Crippen LogP contribution in [0.15, 0.2) is 91.0 Å². The van der Waals surface area contributed by atoms with Crippen LogP contribution in [0.4, 0.5) is 11.4 Å². The standard InChI is InChI=1S/C21H20O.C13H18N2O2/c1-16-12-13-21(17(2)14-16)22-15-19-10-6-7-11-20(19)18-8-4-3-5-9-18;14-11-8-9(13(16)17)6-7-12(11)15-10-4-2-1-3-5-10/h3-14H,15H2,1-2H3;6-8,10,15H,1-5,14H2,(H,16,17). The van der Waals surface area contributed by atoms with Crippen LogP contribution in [0.1, 0.15) is 59.2 Å². The first-order valence-corrected chi connectivity index (χ1v) is 13.6. The number of rotatable bonds is 7. The lowest BCUT2D eigenvalue weighted by atomic mass is 9.95. The SMILES string of the molecule is Cc1ccc(OCc2ccccc2-c2ccccc2)c(C)c1.Nc1cc(C(=O)O)ccc1NC1CCCCC1. The number of aromatic carboxylic acids is 1. The Morgan fingerprint density at radius 2 is 1.62 bits per heavy atom. The van der Waals surface area contributed by atoms with Gasteiger partial charge in [0.1, 0.15) is 12.4 Å². The predicted molar refractivity (Wildman–Crippen MR) is 160 cm³/mol. The van der Waals surface area contributed by atoms with Crippen molar-refractivity contribution in [2.24, 2.45) is 0 Å². The number of hydrogen-bond acceptors (Lipinski definition) is 4. The van der Waals surface area contributed by atoms with Crippen molar-refractivity contribution < 1.29 is 14.6 Å². The molecule has 1 fully saturated rings. The molecule has 0 aromatic heterocycles. The summed E-state index contributed by atoms with van der Waals surface area (Å²) >= 11 is 0. The summed E-state index contributed by atoms with van der Waals surface area (Å²) in [6.07, 6.45) is 6.15. The first-order chi connectivity index (χ1) is 18.9. The van der Waals surface area contributed by atoms with Crippen LogP contribution in [0.25, 0.3) is 11.1 Å². The maximum absolute atomic E-state index is 10.8. The van der Waals surface area contributed by atoms with Crippen LogP contribution in [0.2, 0.25) is 0 Å². The summed E-state index contributed by atoms with van der Waals surface area (Å²) in [5.41, 5.74) is 13.5. The summed E-state index contributed by atoms with van der Waals surface area (Å²) in [7, 11) is 0. The van der Waals surface area contributed by atoms with Gasteiger partial charge in [0.25, 0.3) is 0 Å². The molecule has 1 saturated carbocycles. The van der Waals surface area contributed by atoms with Gasteiger partial charge in [0.05, 0.1) is 16.9 Å². The Labute approximate surface area is 231 Å². The van der Waals surface area contributed by atoms with E-state index in [0.29, 0.717) is 18.3 Å². The number of aryl methyl sites for hydroxylation is 2. The lowest BCUT2D eigenvalue weighted by Gasteiger charge is -2.24. The number of benzene rings is 4. The number of anilines is 2. The number of carboxylic acids is 1. The second-order valence-corrected chi connectivity index (χ2v) is 10.2. The number of carboxylic acid groups (broad SMARTS) is 1. The molecule has 0 spiro atoms. The van der Waals surface area contributed by atoms with Crippen LogP contribution >= 0.6 is 0 Å². The van der Waals surface area contributed by atoms with Gasteiger partial charge in [-0.2, -0.15) is 0 Å². The minimum Gasteiger partial charge on any atom is -0.489 e.